The fourth-order valence-electron chi connectivity index (χ4n) is 3.24. The summed E-state index contributed by atoms with van der Waals surface area (Å²) in [6.45, 7) is 4.08. The number of ether oxygens (including phenoxy) is 1. The number of rotatable bonds is 7. The summed E-state index contributed by atoms with van der Waals surface area (Å²) in [6.07, 6.45) is 6.32. The lowest BCUT2D eigenvalue weighted by atomic mass is 10.0. The van der Waals surface area contributed by atoms with Crippen LogP contribution in [0.5, 0.6) is 5.75 Å². The van der Waals surface area contributed by atoms with Crippen LogP contribution in [0.15, 0.2) is 83.6 Å². The van der Waals surface area contributed by atoms with Gasteiger partial charge in [0.15, 0.2) is 0 Å². The van der Waals surface area contributed by atoms with Crippen LogP contribution in [0.4, 0.5) is 0 Å². The molecule has 0 amide bonds. The second-order valence-corrected chi connectivity index (χ2v) is 7.45. The Bertz CT molecular complexity index is 1290. The van der Waals surface area contributed by atoms with Crippen LogP contribution in [-0.2, 0) is 6.61 Å². The van der Waals surface area contributed by atoms with Crippen molar-refractivity contribution in [3.05, 3.63) is 100 Å². The maximum absolute atomic E-state index is 12.9. The molecule has 0 unspecified atom stereocenters. The maximum Gasteiger partial charge on any atom is 0.260 e. The van der Waals surface area contributed by atoms with E-state index < -0.39 is 0 Å². The quantitative estimate of drug-likeness (QED) is 0.312. The van der Waals surface area contributed by atoms with Crippen molar-refractivity contribution in [1.29, 1.82) is 5.41 Å². The van der Waals surface area contributed by atoms with Gasteiger partial charge < -0.3 is 15.1 Å². The molecule has 1 aromatic carbocycles. The number of hydrogen-bond acceptors (Lipinski definition) is 5. The molecule has 5 nitrogen and oxygen atoms in total. The number of pyridine rings is 2. The first-order chi connectivity index (χ1) is 14.7. The van der Waals surface area contributed by atoms with Gasteiger partial charge >= 0.3 is 0 Å². The SMILES string of the molecule is C=C/C(=C\C=N)c1ccc2[nH]c(=O)c(-c3cccs3)c(OCc3ccccn3)c2c1. The van der Waals surface area contributed by atoms with Gasteiger partial charge in [0.2, 0.25) is 0 Å². The summed E-state index contributed by atoms with van der Waals surface area (Å²) in [5.41, 5.74) is 3.45. The molecule has 3 heterocycles. The predicted octanol–water partition coefficient (Wildman–Crippen LogP) is 5.45. The third-order valence-corrected chi connectivity index (χ3v) is 5.53. The number of hydrogen-bond donors (Lipinski definition) is 2. The van der Waals surface area contributed by atoms with Crippen molar-refractivity contribution in [2.24, 2.45) is 0 Å². The standard InChI is InChI=1S/C24H19N3O2S/c1-2-16(10-11-25)17-8-9-20-19(14-17)23(29-15-18-6-3-4-12-26-18)22(24(28)27-20)21-7-5-13-30-21/h2-14,25H,1,15H2,(H,27,28)/b16-10+,25-11?. The number of aromatic nitrogens is 2. The fourth-order valence-corrected chi connectivity index (χ4v) is 4.00. The number of nitrogens with zero attached hydrogens (tertiary/aromatic N) is 1. The molecule has 30 heavy (non-hydrogen) atoms. The highest BCUT2D eigenvalue weighted by molar-refractivity contribution is 7.13. The molecule has 0 saturated heterocycles. The van der Waals surface area contributed by atoms with Crippen molar-refractivity contribution >= 4 is 34.0 Å². The highest BCUT2D eigenvalue weighted by Crippen LogP contribution is 2.37. The van der Waals surface area contributed by atoms with Crippen molar-refractivity contribution in [3.8, 4) is 16.2 Å². The van der Waals surface area contributed by atoms with Crippen LogP contribution in [0.1, 0.15) is 11.3 Å². The monoisotopic (exact) mass is 413 g/mol. The molecular weight excluding hydrogens is 394 g/mol. The molecule has 4 rings (SSSR count). The van der Waals surface area contributed by atoms with Crippen LogP contribution < -0.4 is 10.3 Å². The lowest BCUT2D eigenvalue weighted by Gasteiger charge is -2.14. The molecule has 0 aliphatic heterocycles. The zero-order valence-electron chi connectivity index (χ0n) is 16.1. The molecule has 0 radical (unpaired) electrons. The second kappa shape index (κ2) is 8.71. The van der Waals surface area contributed by atoms with E-state index in [0.717, 1.165) is 27.1 Å². The summed E-state index contributed by atoms with van der Waals surface area (Å²) in [7, 11) is 0. The Kier molecular flexibility index (Phi) is 5.68. The normalized spacial score (nSPS) is 11.4. The minimum Gasteiger partial charge on any atom is -0.486 e. The van der Waals surface area contributed by atoms with E-state index >= 15 is 0 Å². The minimum absolute atomic E-state index is 0.201. The summed E-state index contributed by atoms with van der Waals surface area (Å²) in [6, 6.07) is 15.1. The number of thiophene rings is 1. The molecule has 0 fully saturated rings. The fraction of sp³-hybridized carbons (Fsp3) is 0.0417. The molecular formula is C24H19N3O2S. The second-order valence-electron chi connectivity index (χ2n) is 6.50. The van der Waals surface area contributed by atoms with Crippen molar-refractivity contribution < 1.29 is 4.74 Å². The van der Waals surface area contributed by atoms with E-state index in [1.54, 1.807) is 18.3 Å². The van der Waals surface area contributed by atoms with E-state index in [-0.39, 0.29) is 12.2 Å². The van der Waals surface area contributed by atoms with Crippen LogP contribution in [-0.4, -0.2) is 16.2 Å². The molecule has 0 aliphatic rings. The van der Waals surface area contributed by atoms with Crippen molar-refractivity contribution in [1.82, 2.24) is 9.97 Å². The van der Waals surface area contributed by atoms with Gasteiger partial charge in [-0.3, -0.25) is 9.78 Å². The van der Waals surface area contributed by atoms with Gasteiger partial charge in [-0.05, 0) is 52.9 Å². The first kappa shape index (κ1) is 19.5. The van der Waals surface area contributed by atoms with E-state index in [0.29, 0.717) is 16.8 Å². The van der Waals surface area contributed by atoms with Gasteiger partial charge in [0.25, 0.3) is 5.56 Å². The van der Waals surface area contributed by atoms with Crippen LogP contribution in [0, 0.1) is 5.41 Å². The van der Waals surface area contributed by atoms with Gasteiger partial charge in [-0.2, -0.15) is 0 Å². The third-order valence-electron chi connectivity index (χ3n) is 4.64. The van der Waals surface area contributed by atoms with E-state index in [4.69, 9.17) is 10.1 Å². The Balaban J connectivity index is 1.93. The number of allylic oxidation sites excluding steroid dienone is 3. The van der Waals surface area contributed by atoms with E-state index in [1.807, 2.05) is 53.9 Å². The number of fused-ring (bicyclic) bond motifs is 1. The summed E-state index contributed by atoms with van der Waals surface area (Å²) < 4.78 is 6.20. The van der Waals surface area contributed by atoms with E-state index in [2.05, 4.69) is 16.5 Å². The molecule has 0 aliphatic carbocycles. The summed E-state index contributed by atoms with van der Waals surface area (Å²) >= 11 is 1.48. The number of aromatic amines is 1. The average Bonchev–Trinajstić information content (AvgIpc) is 3.30. The lowest BCUT2D eigenvalue weighted by molar-refractivity contribution is 0.306. The zero-order valence-corrected chi connectivity index (χ0v) is 16.9. The predicted molar refractivity (Wildman–Crippen MR) is 123 cm³/mol. The van der Waals surface area contributed by atoms with E-state index in [1.165, 1.54) is 17.6 Å². The van der Waals surface area contributed by atoms with E-state index in [9.17, 15) is 4.79 Å². The van der Waals surface area contributed by atoms with Crippen LogP contribution in [0.25, 0.3) is 26.9 Å². The lowest BCUT2D eigenvalue weighted by Crippen LogP contribution is -2.12. The van der Waals surface area contributed by atoms with Gasteiger partial charge in [-0.1, -0.05) is 30.9 Å². The maximum atomic E-state index is 12.9. The Hall–Kier alpha value is -3.77. The third kappa shape index (κ3) is 3.86. The smallest absolute Gasteiger partial charge is 0.260 e. The molecule has 0 atom stereocenters. The van der Waals surface area contributed by atoms with Gasteiger partial charge in [0.05, 0.1) is 16.8 Å². The molecule has 0 saturated carbocycles. The van der Waals surface area contributed by atoms with Gasteiger partial charge in [0.1, 0.15) is 12.4 Å². The summed E-state index contributed by atoms with van der Waals surface area (Å²) in [5, 5.41) is 10.1. The Labute approximate surface area is 177 Å². The van der Waals surface area contributed by atoms with Gasteiger partial charge in [-0.15, -0.1) is 11.3 Å². The topological polar surface area (TPSA) is 78.8 Å². The first-order valence-corrected chi connectivity index (χ1v) is 10.2. The zero-order chi connectivity index (χ0) is 20.9. The molecule has 6 heteroatoms. The minimum atomic E-state index is -0.201. The first-order valence-electron chi connectivity index (χ1n) is 9.31. The Morgan fingerprint density at radius 3 is 2.83 bits per heavy atom. The van der Waals surface area contributed by atoms with Crippen molar-refractivity contribution in [2.75, 3.05) is 0 Å². The van der Waals surface area contributed by atoms with Crippen LogP contribution in [0.3, 0.4) is 0 Å². The number of nitrogens with one attached hydrogen (secondary N) is 2. The molecule has 0 spiro atoms. The van der Waals surface area contributed by atoms with Gasteiger partial charge in [0, 0.05) is 22.7 Å². The highest BCUT2D eigenvalue weighted by Gasteiger charge is 2.18. The van der Waals surface area contributed by atoms with Gasteiger partial charge in [-0.25, -0.2) is 0 Å². The van der Waals surface area contributed by atoms with Crippen LogP contribution in [0.2, 0.25) is 0 Å². The molecule has 3 aromatic heterocycles. The average molecular weight is 414 g/mol. The summed E-state index contributed by atoms with van der Waals surface area (Å²) in [5.74, 6) is 0.516. The molecule has 0 bridgehead atoms. The summed E-state index contributed by atoms with van der Waals surface area (Å²) in [4.78, 5) is 21.1. The largest absolute Gasteiger partial charge is 0.486 e. The Morgan fingerprint density at radius 2 is 2.13 bits per heavy atom. The number of H-pyrrole nitrogens is 1. The molecule has 148 valence electrons. The van der Waals surface area contributed by atoms with Crippen molar-refractivity contribution in [2.45, 2.75) is 6.61 Å². The van der Waals surface area contributed by atoms with Crippen molar-refractivity contribution in [3.63, 3.8) is 0 Å². The Morgan fingerprint density at radius 1 is 1.23 bits per heavy atom. The number of benzene rings is 1. The molecule has 2 N–H and O–H groups in total. The molecule has 4 aromatic rings. The highest BCUT2D eigenvalue weighted by atomic mass is 32.1. The van der Waals surface area contributed by atoms with Crippen LogP contribution >= 0.6 is 11.3 Å².